The number of anilines is 2. The standard InChI is InChI=1S/C16H29N5O3.ClH/c1-5-6-9-21-13(19-14(22)11(4)17)12(15(23)20-16(21)24)18-8-7-10(2)3;/h10-11,18H,5-9,17H2,1-4H3,(H,19,22)(H,20,23,24);1H/t11-;/m0./s1. The number of carbonyl (C=O) groups excluding carboxylic acids is 1. The molecule has 0 aliphatic heterocycles. The first kappa shape index (κ1) is 23.2. The van der Waals surface area contributed by atoms with Crippen LogP contribution in [0.2, 0.25) is 0 Å². The van der Waals surface area contributed by atoms with Crippen molar-refractivity contribution in [1.82, 2.24) is 9.55 Å². The van der Waals surface area contributed by atoms with Gasteiger partial charge in [0.15, 0.2) is 0 Å². The lowest BCUT2D eigenvalue weighted by Gasteiger charge is -2.18. The number of H-pyrrole nitrogens is 1. The molecule has 1 aromatic heterocycles. The number of hydrogen-bond donors (Lipinski definition) is 4. The minimum absolute atomic E-state index is 0. The Hall–Kier alpha value is -1.80. The third-order valence-electron chi connectivity index (χ3n) is 3.61. The highest BCUT2D eigenvalue weighted by atomic mass is 35.5. The van der Waals surface area contributed by atoms with Gasteiger partial charge in [0.25, 0.3) is 5.56 Å². The van der Waals surface area contributed by atoms with Crippen LogP contribution in [0.5, 0.6) is 0 Å². The van der Waals surface area contributed by atoms with E-state index in [1.54, 1.807) is 6.92 Å². The summed E-state index contributed by atoms with van der Waals surface area (Å²) in [5, 5.41) is 5.67. The van der Waals surface area contributed by atoms with Crippen molar-refractivity contribution in [3.8, 4) is 0 Å². The fourth-order valence-corrected chi connectivity index (χ4v) is 2.11. The van der Waals surface area contributed by atoms with Crippen molar-refractivity contribution >= 4 is 29.8 Å². The van der Waals surface area contributed by atoms with E-state index < -0.39 is 23.2 Å². The quantitative estimate of drug-likeness (QED) is 0.521. The molecule has 0 saturated carbocycles. The molecule has 0 bridgehead atoms. The molecular weight excluding hydrogens is 346 g/mol. The van der Waals surface area contributed by atoms with Crippen LogP contribution in [-0.2, 0) is 11.3 Å². The van der Waals surface area contributed by atoms with Gasteiger partial charge in [-0.05, 0) is 25.7 Å². The highest BCUT2D eigenvalue weighted by Crippen LogP contribution is 2.16. The average Bonchev–Trinajstić information content (AvgIpc) is 2.49. The Morgan fingerprint density at radius 3 is 2.44 bits per heavy atom. The molecule has 0 aliphatic rings. The summed E-state index contributed by atoms with van der Waals surface area (Å²) in [5.41, 5.74) is 4.71. The molecule has 0 radical (unpaired) electrons. The Kier molecular flexibility index (Phi) is 10.2. The predicted molar refractivity (Wildman–Crippen MR) is 104 cm³/mol. The van der Waals surface area contributed by atoms with Crippen LogP contribution in [-0.4, -0.2) is 28.0 Å². The van der Waals surface area contributed by atoms with E-state index in [-0.39, 0.29) is 23.9 Å². The lowest BCUT2D eigenvalue weighted by molar-refractivity contribution is -0.117. The van der Waals surface area contributed by atoms with E-state index in [1.165, 1.54) is 4.57 Å². The lowest BCUT2D eigenvalue weighted by atomic mass is 10.1. The summed E-state index contributed by atoms with van der Waals surface area (Å²) in [6.07, 6.45) is 2.48. The molecule has 1 rings (SSSR count). The fourth-order valence-electron chi connectivity index (χ4n) is 2.11. The third kappa shape index (κ3) is 6.91. The van der Waals surface area contributed by atoms with Gasteiger partial charge in [0, 0.05) is 13.1 Å². The molecule has 5 N–H and O–H groups in total. The van der Waals surface area contributed by atoms with Crippen LogP contribution < -0.4 is 27.6 Å². The minimum Gasteiger partial charge on any atom is -0.378 e. The van der Waals surface area contributed by atoms with Crippen LogP contribution in [0.15, 0.2) is 9.59 Å². The maximum atomic E-state index is 12.2. The van der Waals surface area contributed by atoms with Crippen LogP contribution in [0.1, 0.15) is 47.0 Å². The number of aromatic amines is 1. The van der Waals surface area contributed by atoms with Gasteiger partial charge >= 0.3 is 5.69 Å². The molecule has 0 aromatic carbocycles. The van der Waals surface area contributed by atoms with Gasteiger partial charge in [0.2, 0.25) is 5.91 Å². The Balaban J connectivity index is 0.00000576. The maximum absolute atomic E-state index is 12.2. The van der Waals surface area contributed by atoms with Gasteiger partial charge in [-0.1, -0.05) is 27.2 Å². The number of nitrogens with two attached hydrogens (primary N) is 1. The van der Waals surface area contributed by atoms with Gasteiger partial charge in [-0.2, -0.15) is 0 Å². The number of nitrogens with zero attached hydrogens (tertiary/aromatic N) is 1. The first-order valence-corrected chi connectivity index (χ1v) is 8.45. The first-order chi connectivity index (χ1) is 11.3. The number of nitrogens with one attached hydrogen (secondary N) is 3. The Labute approximate surface area is 154 Å². The van der Waals surface area contributed by atoms with Crippen molar-refractivity contribution in [2.75, 3.05) is 17.2 Å². The zero-order chi connectivity index (χ0) is 18.3. The van der Waals surface area contributed by atoms with Crippen molar-refractivity contribution in [1.29, 1.82) is 0 Å². The van der Waals surface area contributed by atoms with Crippen LogP contribution in [0, 0.1) is 5.92 Å². The van der Waals surface area contributed by atoms with Gasteiger partial charge in [-0.25, -0.2) is 4.79 Å². The van der Waals surface area contributed by atoms with Crippen molar-refractivity contribution in [2.45, 2.75) is 59.5 Å². The second-order valence-corrected chi connectivity index (χ2v) is 6.38. The second-order valence-electron chi connectivity index (χ2n) is 6.38. The molecule has 25 heavy (non-hydrogen) atoms. The van der Waals surface area contributed by atoms with Gasteiger partial charge < -0.3 is 16.4 Å². The van der Waals surface area contributed by atoms with Crippen LogP contribution >= 0.6 is 12.4 Å². The highest BCUT2D eigenvalue weighted by molar-refractivity contribution is 5.96. The third-order valence-corrected chi connectivity index (χ3v) is 3.61. The number of amides is 1. The molecule has 1 heterocycles. The fraction of sp³-hybridized carbons (Fsp3) is 0.688. The van der Waals surface area contributed by atoms with Crippen LogP contribution in [0.4, 0.5) is 11.5 Å². The number of unbranched alkanes of at least 4 members (excludes halogenated alkanes) is 1. The molecular formula is C16H30ClN5O3. The van der Waals surface area contributed by atoms with Crippen LogP contribution in [0.3, 0.4) is 0 Å². The summed E-state index contributed by atoms with van der Waals surface area (Å²) < 4.78 is 1.38. The molecule has 1 aromatic rings. The van der Waals surface area contributed by atoms with E-state index in [9.17, 15) is 14.4 Å². The summed E-state index contributed by atoms with van der Waals surface area (Å²) in [7, 11) is 0. The molecule has 9 heteroatoms. The van der Waals surface area contributed by atoms with E-state index in [0.717, 1.165) is 19.3 Å². The summed E-state index contributed by atoms with van der Waals surface area (Å²) in [4.78, 5) is 38.7. The molecule has 0 spiro atoms. The molecule has 8 nitrogen and oxygen atoms in total. The Morgan fingerprint density at radius 1 is 1.28 bits per heavy atom. The monoisotopic (exact) mass is 375 g/mol. The van der Waals surface area contributed by atoms with Crippen molar-refractivity contribution in [2.24, 2.45) is 11.7 Å². The summed E-state index contributed by atoms with van der Waals surface area (Å²) in [6, 6.07) is -0.748. The normalized spacial score (nSPS) is 11.8. The zero-order valence-electron chi connectivity index (χ0n) is 15.3. The van der Waals surface area contributed by atoms with Gasteiger partial charge in [0.05, 0.1) is 6.04 Å². The van der Waals surface area contributed by atoms with E-state index in [2.05, 4.69) is 29.5 Å². The van der Waals surface area contributed by atoms with Gasteiger partial charge in [-0.15, -0.1) is 12.4 Å². The number of carbonyl (C=O) groups is 1. The smallest absolute Gasteiger partial charge is 0.330 e. The SMILES string of the molecule is CCCCn1c(NC(=O)[C@H](C)N)c(NCCC(C)C)c(=O)[nH]c1=O.Cl. The van der Waals surface area contributed by atoms with E-state index >= 15 is 0 Å². The summed E-state index contributed by atoms with van der Waals surface area (Å²) in [5.74, 6) is 0.199. The maximum Gasteiger partial charge on any atom is 0.330 e. The average molecular weight is 376 g/mol. The predicted octanol–water partition coefficient (Wildman–Crippen LogP) is 1.50. The topological polar surface area (TPSA) is 122 Å². The number of hydrogen-bond acceptors (Lipinski definition) is 5. The first-order valence-electron chi connectivity index (χ1n) is 8.45. The molecule has 0 aliphatic carbocycles. The van der Waals surface area contributed by atoms with Crippen molar-refractivity contribution in [3.63, 3.8) is 0 Å². The molecule has 0 unspecified atom stereocenters. The Morgan fingerprint density at radius 2 is 1.92 bits per heavy atom. The zero-order valence-corrected chi connectivity index (χ0v) is 16.2. The number of aromatic nitrogens is 2. The largest absolute Gasteiger partial charge is 0.378 e. The van der Waals surface area contributed by atoms with Gasteiger partial charge in [-0.3, -0.25) is 19.1 Å². The van der Waals surface area contributed by atoms with Crippen LogP contribution in [0.25, 0.3) is 0 Å². The summed E-state index contributed by atoms with van der Waals surface area (Å²) >= 11 is 0. The van der Waals surface area contributed by atoms with E-state index in [0.29, 0.717) is 19.0 Å². The molecule has 0 fully saturated rings. The molecule has 1 amide bonds. The second kappa shape index (κ2) is 10.9. The highest BCUT2D eigenvalue weighted by Gasteiger charge is 2.18. The van der Waals surface area contributed by atoms with Crippen molar-refractivity contribution in [3.05, 3.63) is 20.8 Å². The molecule has 0 saturated heterocycles. The minimum atomic E-state index is -0.748. The number of halogens is 1. The molecule has 1 atom stereocenters. The number of rotatable bonds is 9. The van der Waals surface area contributed by atoms with Gasteiger partial charge in [0.1, 0.15) is 11.5 Å². The van der Waals surface area contributed by atoms with E-state index in [1.807, 2.05) is 6.92 Å². The lowest BCUT2D eigenvalue weighted by Crippen LogP contribution is -2.39. The van der Waals surface area contributed by atoms with E-state index in [4.69, 9.17) is 5.73 Å². The Bertz CT molecular complexity index is 667. The summed E-state index contributed by atoms with van der Waals surface area (Å²) in [6.45, 7) is 8.66. The van der Waals surface area contributed by atoms with Crippen molar-refractivity contribution < 1.29 is 4.79 Å². The molecule has 144 valence electrons.